The van der Waals surface area contributed by atoms with Gasteiger partial charge in [-0.15, -0.1) is 0 Å². The molecule has 0 aliphatic rings. The van der Waals surface area contributed by atoms with E-state index in [-0.39, 0.29) is 11.5 Å². The Morgan fingerprint density at radius 1 is 0.900 bits per heavy atom. The number of rotatable bonds is 3. The van der Waals surface area contributed by atoms with E-state index in [1.54, 1.807) is 60.7 Å². The summed E-state index contributed by atoms with van der Waals surface area (Å²) >= 11 is 5.90. The molecule has 0 spiro atoms. The number of alkyl halides is 3. The van der Waals surface area contributed by atoms with Gasteiger partial charge in [0, 0.05) is 5.02 Å². The fourth-order valence-corrected chi connectivity index (χ4v) is 3.20. The van der Waals surface area contributed by atoms with Crippen molar-refractivity contribution in [2.24, 2.45) is 0 Å². The van der Waals surface area contributed by atoms with Crippen LogP contribution in [0.15, 0.2) is 77.6 Å². The van der Waals surface area contributed by atoms with E-state index in [1.807, 2.05) is 0 Å². The van der Waals surface area contributed by atoms with Crippen LogP contribution in [0, 0.1) is 0 Å². The molecule has 3 aromatic carbocycles. The van der Waals surface area contributed by atoms with Crippen molar-refractivity contribution in [2.75, 3.05) is 0 Å². The summed E-state index contributed by atoms with van der Waals surface area (Å²) < 4.78 is 40.8. The lowest BCUT2D eigenvalue weighted by Crippen LogP contribution is -2.22. The molecular formula is C23H14ClF3N2O. The van der Waals surface area contributed by atoms with Gasteiger partial charge in [-0.05, 0) is 54.1 Å². The van der Waals surface area contributed by atoms with Gasteiger partial charge >= 0.3 is 6.18 Å². The zero-order valence-electron chi connectivity index (χ0n) is 15.4. The Morgan fingerprint density at radius 3 is 2.37 bits per heavy atom. The van der Waals surface area contributed by atoms with Crippen LogP contribution >= 0.6 is 11.6 Å². The van der Waals surface area contributed by atoms with Gasteiger partial charge < -0.3 is 0 Å². The number of nitrogens with zero attached hydrogens (tertiary/aromatic N) is 2. The summed E-state index contributed by atoms with van der Waals surface area (Å²) in [5, 5.41) is 0.899. The Balaban J connectivity index is 1.93. The van der Waals surface area contributed by atoms with Gasteiger partial charge in [0.2, 0.25) is 0 Å². The van der Waals surface area contributed by atoms with E-state index in [4.69, 9.17) is 11.6 Å². The molecule has 0 aliphatic heterocycles. The average Bonchev–Trinajstić information content (AvgIpc) is 2.73. The van der Waals surface area contributed by atoms with E-state index in [0.29, 0.717) is 15.9 Å². The number of aromatic nitrogens is 2. The van der Waals surface area contributed by atoms with E-state index in [2.05, 4.69) is 4.98 Å². The zero-order valence-corrected chi connectivity index (χ0v) is 16.2. The Morgan fingerprint density at radius 2 is 1.63 bits per heavy atom. The molecule has 0 atom stereocenters. The fraction of sp³-hybridized carbons (Fsp3) is 0.0435. The third-order valence-corrected chi connectivity index (χ3v) is 4.78. The van der Waals surface area contributed by atoms with Crippen LogP contribution in [-0.2, 0) is 6.18 Å². The van der Waals surface area contributed by atoms with Gasteiger partial charge in [0.15, 0.2) is 0 Å². The maximum Gasteiger partial charge on any atom is 0.416 e. The highest BCUT2D eigenvalue weighted by Gasteiger charge is 2.30. The summed E-state index contributed by atoms with van der Waals surface area (Å²) in [6, 6.07) is 18.3. The normalized spacial score (nSPS) is 12.0. The molecule has 0 radical (unpaired) electrons. The molecule has 150 valence electrons. The minimum absolute atomic E-state index is 0.0869. The maximum absolute atomic E-state index is 13.2. The van der Waals surface area contributed by atoms with Crippen LogP contribution in [0.3, 0.4) is 0 Å². The Hall–Kier alpha value is -3.38. The van der Waals surface area contributed by atoms with Crippen LogP contribution in [0.4, 0.5) is 13.2 Å². The van der Waals surface area contributed by atoms with Gasteiger partial charge in [0.1, 0.15) is 5.82 Å². The lowest BCUT2D eigenvalue weighted by atomic mass is 10.1. The van der Waals surface area contributed by atoms with Crippen molar-refractivity contribution in [3.63, 3.8) is 0 Å². The number of halogens is 4. The lowest BCUT2D eigenvalue weighted by Gasteiger charge is -2.14. The van der Waals surface area contributed by atoms with Crippen LogP contribution in [0.1, 0.15) is 17.0 Å². The number of hydrogen-bond donors (Lipinski definition) is 0. The standard InChI is InChI=1S/C23H14ClF3N2O/c24-17-11-8-15(9-12-17)10-13-21-28-20-7-2-1-6-19(20)22(30)29(21)18-5-3-4-16(14-18)23(25,26)27/h1-14H/b13-10+. The first-order chi connectivity index (χ1) is 14.3. The average molecular weight is 427 g/mol. The molecule has 4 aromatic rings. The molecular weight excluding hydrogens is 413 g/mol. The summed E-state index contributed by atoms with van der Waals surface area (Å²) in [6.07, 6.45) is -1.21. The second kappa shape index (κ2) is 7.80. The van der Waals surface area contributed by atoms with Gasteiger partial charge in [-0.2, -0.15) is 13.2 Å². The molecule has 0 saturated carbocycles. The van der Waals surface area contributed by atoms with E-state index in [9.17, 15) is 18.0 Å². The van der Waals surface area contributed by atoms with Crippen LogP contribution in [0.5, 0.6) is 0 Å². The molecule has 0 unspecified atom stereocenters. The maximum atomic E-state index is 13.2. The monoisotopic (exact) mass is 426 g/mol. The summed E-state index contributed by atoms with van der Waals surface area (Å²) in [7, 11) is 0. The van der Waals surface area contributed by atoms with Crippen LogP contribution in [0.25, 0.3) is 28.7 Å². The molecule has 0 aliphatic carbocycles. The third-order valence-electron chi connectivity index (χ3n) is 4.53. The van der Waals surface area contributed by atoms with Crippen molar-refractivity contribution in [1.29, 1.82) is 0 Å². The van der Waals surface area contributed by atoms with Crippen LogP contribution in [-0.4, -0.2) is 9.55 Å². The highest BCUT2D eigenvalue weighted by atomic mass is 35.5. The molecule has 0 saturated heterocycles. The van der Waals surface area contributed by atoms with Gasteiger partial charge in [-0.1, -0.05) is 48.0 Å². The van der Waals surface area contributed by atoms with Gasteiger partial charge in [0.25, 0.3) is 5.56 Å². The molecule has 1 heterocycles. The highest BCUT2D eigenvalue weighted by molar-refractivity contribution is 6.30. The van der Waals surface area contributed by atoms with Crippen molar-refractivity contribution in [3.8, 4) is 5.69 Å². The second-order valence-electron chi connectivity index (χ2n) is 6.56. The Kier molecular flexibility index (Phi) is 5.18. The predicted octanol–water partition coefficient (Wildman–Crippen LogP) is 6.23. The largest absolute Gasteiger partial charge is 0.416 e. The van der Waals surface area contributed by atoms with Crippen LogP contribution in [0.2, 0.25) is 5.02 Å². The van der Waals surface area contributed by atoms with Crippen molar-refractivity contribution < 1.29 is 13.2 Å². The van der Waals surface area contributed by atoms with Gasteiger partial charge in [-0.3, -0.25) is 9.36 Å². The molecule has 30 heavy (non-hydrogen) atoms. The first kappa shape index (κ1) is 19.9. The van der Waals surface area contributed by atoms with Crippen molar-refractivity contribution >= 4 is 34.7 Å². The van der Waals surface area contributed by atoms with E-state index in [0.717, 1.165) is 17.7 Å². The van der Waals surface area contributed by atoms with E-state index in [1.165, 1.54) is 16.7 Å². The first-order valence-electron chi connectivity index (χ1n) is 8.96. The number of fused-ring (bicyclic) bond motifs is 1. The first-order valence-corrected chi connectivity index (χ1v) is 9.34. The Labute approximate surface area is 174 Å². The smallest absolute Gasteiger partial charge is 0.268 e. The zero-order chi connectivity index (χ0) is 21.3. The molecule has 0 fully saturated rings. The number of para-hydroxylation sites is 1. The van der Waals surface area contributed by atoms with E-state index < -0.39 is 17.3 Å². The summed E-state index contributed by atoms with van der Waals surface area (Å²) in [5.41, 5.74) is 0.0612. The van der Waals surface area contributed by atoms with Crippen molar-refractivity contribution in [2.45, 2.75) is 6.18 Å². The van der Waals surface area contributed by atoms with E-state index >= 15 is 0 Å². The van der Waals surface area contributed by atoms with Gasteiger partial charge in [0.05, 0.1) is 22.2 Å². The second-order valence-corrected chi connectivity index (χ2v) is 7.00. The summed E-state index contributed by atoms with van der Waals surface area (Å²) in [6.45, 7) is 0. The lowest BCUT2D eigenvalue weighted by molar-refractivity contribution is -0.137. The molecule has 0 bridgehead atoms. The predicted molar refractivity (Wildman–Crippen MR) is 113 cm³/mol. The minimum atomic E-state index is -4.52. The number of hydrogen-bond acceptors (Lipinski definition) is 2. The van der Waals surface area contributed by atoms with Crippen molar-refractivity contribution in [1.82, 2.24) is 9.55 Å². The number of benzene rings is 3. The summed E-state index contributed by atoms with van der Waals surface area (Å²) in [4.78, 5) is 17.7. The molecule has 1 aromatic heterocycles. The van der Waals surface area contributed by atoms with Crippen molar-refractivity contribution in [3.05, 3.63) is 105 Å². The molecule has 0 N–H and O–H groups in total. The SMILES string of the molecule is O=c1c2ccccc2nc(/C=C/c2ccc(Cl)cc2)n1-c1cccc(C(F)(F)F)c1. The highest BCUT2D eigenvalue weighted by Crippen LogP contribution is 2.30. The molecule has 7 heteroatoms. The molecule has 3 nitrogen and oxygen atoms in total. The Bertz CT molecular complexity index is 1310. The van der Waals surface area contributed by atoms with Crippen LogP contribution < -0.4 is 5.56 Å². The molecule has 4 rings (SSSR count). The summed E-state index contributed by atoms with van der Waals surface area (Å²) in [5.74, 6) is 0.216. The fourth-order valence-electron chi connectivity index (χ4n) is 3.08. The quantitative estimate of drug-likeness (QED) is 0.389. The van der Waals surface area contributed by atoms with Gasteiger partial charge in [-0.25, -0.2) is 4.98 Å². The third kappa shape index (κ3) is 4.00. The topological polar surface area (TPSA) is 34.9 Å². The minimum Gasteiger partial charge on any atom is -0.268 e. The molecule has 0 amide bonds.